The molecule has 13 heavy (non-hydrogen) atoms. The van der Waals surface area contributed by atoms with Gasteiger partial charge in [-0.15, -0.1) is 10.2 Å². The summed E-state index contributed by atoms with van der Waals surface area (Å²) in [6.07, 6.45) is 0. The minimum absolute atomic E-state index is 0.226. The fraction of sp³-hybridized carbons (Fsp3) is 0.286. The maximum Gasteiger partial charge on any atom is 0.252 e. The van der Waals surface area contributed by atoms with E-state index in [1.807, 2.05) is 0 Å². The number of ether oxygens (including phenoxy) is 1. The second-order valence-electron chi connectivity index (χ2n) is 2.27. The van der Waals surface area contributed by atoms with Crippen molar-refractivity contribution in [2.45, 2.75) is 6.92 Å². The molecule has 1 N–H and O–H groups in total. The topological polar surface area (TPSA) is 64.1 Å². The summed E-state index contributed by atoms with van der Waals surface area (Å²) in [5.74, 6) is 0.310. The molecule has 0 saturated carbocycles. The molecular formula is C7H8ClN3O2. The van der Waals surface area contributed by atoms with E-state index in [2.05, 4.69) is 15.5 Å². The van der Waals surface area contributed by atoms with Crippen LogP contribution >= 0.6 is 11.6 Å². The van der Waals surface area contributed by atoms with Gasteiger partial charge < -0.3 is 10.1 Å². The van der Waals surface area contributed by atoms with E-state index in [0.29, 0.717) is 10.8 Å². The molecule has 70 valence electrons. The van der Waals surface area contributed by atoms with Crippen molar-refractivity contribution in [1.29, 1.82) is 0 Å². The summed E-state index contributed by atoms with van der Waals surface area (Å²) < 4.78 is 4.79. The highest BCUT2D eigenvalue weighted by Crippen LogP contribution is 2.21. The van der Waals surface area contributed by atoms with Gasteiger partial charge in [-0.3, -0.25) is 4.79 Å². The van der Waals surface area contributed by atoms with Crippen LogP contribution in [-0.4, -0.2) is 23.2 Å². The lowest BCUT2D eigenvalue weighted by molar-refractivity contribution is -0.114. The van der Waals surface area contributed by atoms with Crippen molar-refractivity contribution in [3.63, 3.8) is 0 Å². The minimum atomic E-state index is -0.226. The zero-order chi connectivity index (χ0) is 9.84. The SMILES string of the molecule is COc1nnc(NC(C)=O)cc1Cl. The van der Waals surface area contributed by atoms with Gasteiger partial charge in [0.1, 0.15) is 5.02 Å². The van der Waals surface area contributed by atoms with Crippen LogP contribution in [0.15, 0.2) is 6.07 Å². The zero-order valence-electron chi connectivity index (χ0n) is 7.17. The van der Waals surface area contributed by atoms with E-state index in [1.54, 1.807) is 0 Å². The Bertz CT molecular complexity index is 330. The Hall–Kier alpha value is -1.36. The van der Waals surface area contributed by atoms with Gasteiger partial charge in [0.25, 0.3) is 5.88 Å². The number of carbonyl (C=O) groups is 1. The summed E-state index contributed by atoms with van der Waals surface area (Å²) >= 11 is 5.73. The molecule has 1 rings (SSSR count). The first-order valence-corrected chi connectivity index (χ1v) is 3.86. The molecule has 0 radical (unpaired) electrons. The Morgan fingerprint density at radius 3 is 2.77 bits per heavy atom. The van der Waals surface area contributed by atoms with Crippen molar-refractivity contribution >= 4 is 23.3 Å². The summed E-state index contributed by atoms with van der Waals surface area (Å²) in [7, 11) is 1.44. The highest BCUT2D eigenvalue weighted by Gasteiger charge is 2.05. The van der Waals surface area contributed by atoms with Crippen LogP contribution in [0.5, 0.6) is 5.88 Å². The number of aromatic nitrogens is 2. The van der Waals surface area contributed by atoms with Gasteiger partial charge in [0.05, 0.1) is 7.11 Å². The van der Waals surface area contributed by atoms with Crippen LogP contribution in [0.1, 0.15) is 6.92 Å². The lowest BCUT2D eigenvalue weighted by atomic mass is 10.5. The van der Waals surface area contributed by atoms with Crippen molar-refractivity contribution < 1.29 is 9.53 Å². The molecule has 1 aromatic rings. The van der Waals surface area contributed by atoms with E-state index in [-0.39, 0.29) is 11.8 Å². The third-order valence-corrected chi connectivity index (χ3v) is 1.48. The predicted octanol–water partition coefficient (Wildman–Crippen LogP) is 1.10. The monoisotopic (exact) mass is 201 g/mol. The summed E-state index contributed by atoms with van der Waals surface area (Å²) in [6.45, 7) is 1.37. The Balaban J connectivity index is 2.89. The second kappa shape index (κ2) is 4.04. The number of hydrogen-bond acceptors (Lipinski definition) is 4. The Morgan fingerprint density at radius 2 is 2.31 bits per heavy atom. The largest absolute Gasteiger partial charge is 0.479 e. The van der Waals surface area contributed by atoms with Crippen LogP contribution in [0.2, 0.25) is 5.02 Å². The standard InChI is InChI=1S/C7H8ClN3O2/c1-4(12)9-6-3-5(8)7(13-2)11-10-6/h3H,1-2H3,(H,9,10,12). The van der Waals surface area contributed by atoms with Gasteiger partial charge in [0.2, 0.25) is 5.91 Å². The average Bonchev–Trinajstić information content (AvgIpc) is 2.03. The molecule has 0 saturated heterocycles. The van der Waals surface area contributed by atoms with E-state index in [1.165, 1.54) is 20.1 Å². The van der Waals surface area contributed by atoms with E-state index < -0.39 is 0 Å². The van der Waals surface area contributed by atoms with Crippen LogP contribution < -0.4 is 10.1 Å². The van der Waals surface area contributed by atoms with Gasteiger partial charge in [-0.05, 0) is 0 Å². The van der Waals surface area contributed by atoms with Crippen molar-refractivity contribution in [1.82, 2.24) is 10.2 Å². The van der Waals surface area contributed by atoms with E-state index in [4.69, 9.17) is 16.3 Å². The highest BCUT2D eigenvalue weighted by molar-refractivity contribution is 6.32. The number of amides is 1. The number of nitrogens with one attached hydrogen (secondary N) is 1. The smallest absolute Gasteiger partial charge is 0.252 e. The van der Waals surface area contributed by atoms with Gasteiger partial charge >= 0.3 is 0 Å². The molecule has 1 heterocycles. The van der Waals surface area contributed by atoms with Gasteiger partial charge in [0, 0.05) is 13.0 Å². The van der Waals surface area contributed by atoms with Gasteiger partial charge in [-0.1, -0.05) is 11.6 Å². The molecule has 0 bridgehead atoms. The summed E-state index contributed by atoms with van der Waals surface area (Å²) in [5.41, 5.74) is 0. The molecule has 0 aromatic carbocycles. The molecule has 0 fully saturated rings. The van der Waals surface area contributed by atoms with Gasteiger partial charge in [-0.25, -0.2) is 0 Å². The Labute approximate surface area is 80.1 Å². The average molecular weight is 202 g/mol. The number of carbonyl (C=O) groups excluding carboxylic acids is 1. The number of hydrogen-bond donors (Lipinski definition) is 1. The van der Waals surface area contributed by atoms with Gasteiger partial charge in [0.15, 0.2) is 5.82 Å². The maximum absolute atomic E-state index is 10.6. The van der Waals surface area contributed by atoms with Crippen LogP contribution in [-0.2, 0) is 4.79 Å². The van der Waals surface area contributed by atoms with Crippen molar-refractivity contribution in [3.8, 4) is 5.88 Å². The Kier molecular flexibility index (Phi) is 3.02. The van der Waals surface area contributed by atoms with Crippen LogP contribution in [0, 0.1) is 0 Å². The third-order valence-electron chi connectivity index (χ3n) is 1.21. The lowest BCUT2D eigenvalue weighted by Gasteiger charge is -2.02. The van der Waals surface area contributed by atoms with Crippen LogP contribution in [0.25, 0.3) is 0 Å². The second-order valence-corrected chi connectivity index (χ2v) is 2.68. The molecule has 1 amide bonds. The fourth-order valence-electron chi connectivity index (χ4n) is 0.737. The maximum atomic E-state index is 10.6. The first-order chi connectivity index (χ1) is 6.13. The normalized spacial score (nSPS) is 9.46. The molecule has 0 aliphatic carbocycles. The molecule has 0 aliphatic rings. The summed E-state index contributed by atoms with van der Waals surface area (Å²) in [5, 5.41) is 10.0. The lowest BCUT2D eigenvalue weighted by Crippen LogP contribution is -2.08. The predicted molar refractivity (Wildman–Crippen MR) is 47.9 cm³/mol. The molecule has 0 spiro atoms. The molecule has 0 aliphatic heterocycles. The molecule has 0 unspecified atom stereocenters. The number of rotatable bonds is 2. The molecule has 1 aromatic heterocycles. The van der Waals surface area contributed by atoms with Crippen molar-refractivity contribution in [2.24, 2.45) is 0 Å². The number of nitrogens with zero attached hydrogens (tertiary/aromatic N) is 2. The Morgan fingerprint density at radius 1 is 1.62 bits per heavy atom. The van der Waals surface area contributed by atoms with Crippen molar-refractivity contribution in [2.75, 3.05) is 12.4 Å². The van der Waals surface area contributed by atoms with Crippen LogP contribution in [0.3, 0.4) is 0 Å². The highest BCUT2D eigenvalue weighted by atomic mass is 35.5. The van der Waals surface area contributed by atoms with Crippen molar-refractivity contribution in [3.05, 3.63) is 11.1 Å². The molecular weight excluding hydrogens is 194 g/mol. The minimum Gasteiger partial charge on any atom is -0.479 e. The quantitative estimate of drug-likeness (QED) is 0.778. The summed E-state index contributed by atoms with van der Waals surface area (Å²) in [6, 6.07) is 1.47. The third kappa shape index (κ3) is 2.55. The first kappa shape index (κ1) is 9.73. The number of anilines is 1. The molecule has 0 atom stereocenters. The molecule has 6 heteroatoms. The summed E-state index contributed by atoms with van der Waals surface area (Å²) in [4.78, 5) is 10.6. The fourth-order valence-corrected chi connectivity index (χ4v) is 0.956. The zero-order valence-corrected chi connectivity index (χ0v) is 7.92. The van der Waals surface area contributed by atoms with E-state index >= 15 is 0 Å². The first-order valence-electron chi connectivity index (χ1n) is 3.48. The van der Waals surface area contributed by atoms with E-state index in [0.717, 1.165) is 0 Å². The number of methoxy groups -OCH3 is 1. The molecule has 5 nitrogen and oxygen atoms in total. The number of halogens is 1. The van der Waals surface area contributed by atoms with E-state index in [9.17, 15) is 4.79 Å². The van der Waals surface area contributed by atoms with Crippen LogP contribution in [0.4, 0.5) is 5.82 Å². The van der Waals surface area contributed by atoms with Gasteiger partial charge in [-0.2, -0.15) is 0 Å².